The van der Waals surface area contributed by atoms with Gasteiger partial charge in [0.2, 0.25) is 0 Å². The van der Waals surface area contributed by atoms with Crippen molar-refractivity contribution in [3.05, 3.63) is 90.3 Å². The molecule has 1 aliphatic rings. The molecule has 0 aromatic carbocycles. The first kappa shape index (κ1) is 18.7. The lowest BCUT2D eigenvalue weighted by Crippen LogP contribution is -2.42. The third kappa shape index (κ3) is 4.61. The number of pyridine rings is 3. The molecule has 0 bridgehead atoms. The predicted molar refractivity (Wildman–Crippen MR) is 111 cm³/mol. The fourth-order valence-electron chi connectivity index (χ4n) is 4.07. The second-order valence-electron chi connectivity index (χ2n) is 7.84. The maximum atomic E-state index is 4.71. The molecule has 5 heteroatoms. The van der Waals surface area contributed by atoms with Gasteiger partial charge in [0.25, 0.3) is 0 Å². The Bertz CT molecular complexity index is 802. The second-order valence-corrected chi connectivity index (χ2v) is 7.84. The minimum atomic E-state index is -0.0542. The van der Waals surface area contributed by atoms with Crippen molar-refractivity contribution in [1.29, 1.82) is 0 Å². The number of aromatic nitrogens is 3. The van der Waals surface area contributed by atoms with Gasteiger partial charge in [0, 0.05) is 69.0 Å². The van der Waals surface area contributed by atoms with Crippen LogP contribution in [0, 0.1) is 0 Å². The van der Waals surface area contributed by atoms with Crippen LogP contribution in [0.3, 0.4) is 0 Å². The van der Waals surface area contributed by atoms with E-state index in [-0.39, 0.29) is 5.41 Å². The van der Waals surface area contributed by atoms with Gasteiger partial charge < -0.3 is 0 Å². The summed E-state index contributed by atoms with van der Waals surface area (Å²) in [5.41, 5.74) is 3.32. The summed E-state index contributed by atoms with van der Waals surface area (Å²) in [6, 6.07) is 18.5. The molecule has 0 atom stereocenters. The molecule has 0 unspecified atom stereocenters. The van der Waals surface area contributed by atoms with Crippen LogP contribution >= 0.6 is 0 Å². The first-order chi connectivity index (χ1) is 13.7. The molecule has 3 aromatic heterocycles. The molecule has 0 N–H and O–H groups in total. The van der Waals surface area contributed by atoms with Crippen LogP contribution in [-0.2, 0) is 18.5 Å². The Morgan fingerprint density at radius 1 is 0.714 bits per heavy atom. The summed E-state index contributed by atoms with van der Waals surface area (Å²) < 4.78 is 0. The lowest BCUT2D eigenvalue weighted by atomic mass is 9.85. The molecule has 1 saturated heterocycles. The monoisotopic (exact) mass is 373 g/mol. The highest BCUT2D eigenvalue weighted by atomic mass is 15.2. The average Bonchev–Trinajstić information content (AvgIpc) is 2.89. The van der Waals surface area contributed by atoms with E-state index in [9.17, 15) is 0 Å². The minimum Gasteiger partial charge on any atom is -0.295 e. The Hall–Kier alpha value is -2.63. The summed E-state index contributed by atoms with van der Waals surface area (Å²) in [4.78, 5) is 18.8. The molecule has 1 aliphatic heterocycles. The van der Waals surface area contributed by atoms with E-state index in [0.717, 1.165) is 56.4 Å². The van der Waals surface area contributed by atoms with Crippen molar-refractivity contribution in [3.63, 3.8) is 0 Å². The van der Waals surface area contributed by atoms with Crippen LogP contribution in [-0.4, -0.2) is 50.9 Å². The lowest BCUT2D eigenvalue weighted by Gasteiger charge is -2.34. The van der Waals surface area contributed by atoms with Crippen molar-refractivity contribution in [2.24, 2.45) is 0 Å². The van der Waals surface area contributed by atoms with Gasteiger partial charge in [0.05, 0.1) is 11.4 Å². The normalized spacial score (nSPS) is 17.9. The summed E-state index contributed by atoms with van der Waals surface area (Å²) in [7, 11) is 0. The minimum absolute atomic E-state index is 0.0542. The standard InChI is InChI=1S/C23H27N5/c1-23(22-10-4-7-13-26-22)18-27(16-20-8-2-5-11-24-20)14-15-28(19-23)17-21-9-3-6-12-25-21/h2-13H,14-19H2,1H3. The zero-order chi connectivity index (χ0) is 19.2. The van der Waals surface area contributed by atoms with Gasteiger partial charge in [-0.3, -0.25) is 24.8 Å². The first-order valence-electron chi connectivity index (χ1n) is 9.87. The Labute approximate surface area is 167 Å². The fourth-order valence-corrected chi connectivity index (χ4v) is 4.07. The van der Waals surface area contributed by atoms with Crippen molar-refractivity contribution >= 4 is 0 Å². The fraction of sp³-hybridized carbons (Fsp3) is 0.348. The van der Waals surface area contributed by atoms with Crippen molar-refractivity contribution in [1.82, 2.24) is 24.8 Å². The summed E-state index contributed by atoms with van der Waals surface area (Å²) in [6.07, 6.45) is 5.65. The summed E-state index contributed by atoms with van der Waals surface area (Å²) in [5.74, 6) is 0. The van der Waals surface area contributed by atoms with Gasteiger partial charge in [-0.1, -0.05) is 25.1 Å². The van der Waals surface area contributed by atoms with Crippen molar-refractivity contribution in [2.45, 2.75) is 25.4 Å². The largest absolute Gasteiger partial charge is 0.295 e. The van der Waals surface area contributed by atoms with E-state index in [1.807, 2.05) is 36.8 Å². The highest BCUT2D eigenvalue weighted by Gasteiger charge is 2.35. The van der Waals surface area contributed by atoms with Crippen LogP contribution in [0.25, 0.3) is 0 Å². The number of hydrogen-bond acceptors (Lipinski definition) is 5. The molecule has 28 heavy (non-hydrogen) atoms. The average molecular weight is 374 g/mol. The number of nitrogens with zero attached hydrogens (tertiary/aromatic N) is 5. The maximum Gasteiger partial charge on any atom is 0.0543 e. The van der Waals surface area contributed by atoms with Crippen molar-refractivity contribution in [2.75, 3.05) is 26.2 Å². The molecule has 0 saturated carbocycles. The molecule has 5 nitrogen and oxygen atoms in total. The van der Waals surface area contributed by atoms with Crippen LogP contribution in [0.2, 0.25) is 0 Å². The molecule has 0 spiro atoms. The third-order valence-electron chi connectivity index (χ3n) is 5.38. The molecule has 0 aliphatic carbocycles. The highest BCUT2D eigenvalue weighted by molar-refractivity contribution is 5.19. The Balaban J connectivity index is 1.58. The first-order valence-corrected chi connectivity index (χ1v) is 9.87. The van der Waals surface area contributed by atoms with E-state index in [4.69, 9.17) is 4.98 Å². The Morgan fingerprint density at radius 3 is 1.64 bits per heavy atom. The third-order valence-corrected chi connectivity index (χ3v) is 5.38. The Morgan fingerprint density at radius 2 is 1.21 bits per heavy atom. The smallest absolute Gasteiger partial charge is 0.0543 e. The lowest BCUT2D eigenvalue weighted by molar-refractivity contribution is 0.221. The van der Waals surface area contributed by atoms with Gasteiger partial charge in [-0.25, -0.2) is 0 Å². The van der Waals surface area contributed by atoms with Gasteiger partial charge in [0.1, 0.15) is 0 Å². The van der Waals surface area contributed by atoms with Gasteiger partial charge in [0.15, 0.2) is 0 Å². The van der Waals surface area contributed by atoms with Gasteiger partial charge in [-0.15, -0.1) is 0 Å². The second kappa shape index (κ2) is 8.59. The van der Waals surface area contributed by atoms with Gasteiger partial charge >= 0.3 is 0 Å². The molecule has 1 fully saturated rings. The van der Waals surface area contributed by atoms with Crippen LogP contribution in [0.15, 0.2) is 73.2 Å². The van der Waals surface area contributed by atoms with E-state index >= 15 is 0 Å². The summed E-state index contributed by atoms with van der Waals surface area (Å²) in [6.45, 7) is 7.98. The van der Waals surface area contributed by atoms with Gasteiger partial charge in [-0.05, 0) is 36.4 Å². The van der Waals surface area contributed by atoms with Gasteiger partial charge in [-0.2, -0.15) is 0 Å². The van der Waals surface area contributed by atoms with E-state index in [1.54, 1.807) is 0 Å². The predicted octanol–water partition coefficient (Wildman–Crippen LogP) is 3.15. The topological polar surface area (TPSA) is 45.2 Å². The van der Waals surface area contributed by atoms with E-state index in [1.165, 1.54) is 0 Å². The zero-order valence-electron chi connectivity index (χ0n) is 16.4. The van der Waals surface area contributed by atoms with Crippen molar-refractivity contribution in [3.8, 4) is 0 Å². The molecular formula is C23H27N5. The number of hydrogen-bond donors (Lipinski definition) is 0. The molecule has 4 rings (SSSR count). The summed E-state index contributed by atoms with van der Waals surface area (Å²) >= 11 is 0. The van der Waals surface area contributed by atoms with Crippen LogP contribution in [0.1, 0.15) is 24.0 Å². The van der Waals surface area contributed by atoms with E-state index < -0.39 is 0 Å². The van der Waals surface area contributed by atoms with Crippen molar-refractivity contribution < 1.29 is 0 Å². The SMILES string of the molecule is CC1(c2ccccn2)CN(Cc2ccccn2)CCN(Cc2ccccn2)C1. The molecular weight excluding hydrogens is 346 g/mol. The van der Waals surface area contributed by atoms with Crippen LogP contribution in [0.5, 0.6) is 0 Å². The number of rotatable bonds is 5. The zero-order valence-corrected chi connectivity index (χ0v) is 16.4. The molecule has 3 aromatic rings. The molecule has 144 valence electrons. The van der Waals surface area contributed by atoms with E-state index in [0.29, 0.717) is 0 Å². The quantitative estimate of drug-likeness (QED) is 0.687. The summed E-state index contributed by atoms with van der Waals surface area (Å²) in [5, 5.41) is 0. The van der Waals surface area contributed by atoms with Crippen LogP contribution in [0.4, 0.5) is 0 Å². The molecule has 0 radical (unpaired) electrons. The molecule has 4 heterocycles. The highest BCUT2D eigenvalue weighted by Crippen LogP contribution is 2.28. The Kier molecular flexibility index (Phi) is 5.74. The molecule has 0 amide bonds. The van der Waals surface area contributed by atoms with Crippen LogP contribution < -0.4 is 0 Å². The van der Waals surface area contributed by atoms with E-state index in [2.05, 4.69) is 63.1 Å². The maximum absolute atomic E-state index is 4.71.